The van der Waals surface area contributed by atoms with E-state index in [0.29, 0.717) is 30.4 Å². The van der Waals surface area contributed by atoms with Crippen LogP contribution >= 0.6 is 0 Å². The highest BCUT2D eigenvalue weighted by Crippen LogP contribution is 2.45. The zero-order valence-electron chi connectivity index (χ0n) is 17.0. The summed E-state index contributed by atoms with van der Waals surface area (Å²) in [4.78, 5) is 42.1. The molecule has 4 aliphatic rings. The molecule has 0 spiro atoms. The second kappa shape index (κ2) is 7.15. The van der Waals surface area contributed by atoms with Gasteiger partial charge in [0.2, 0.25) is 0 Å². The fraction of sp³-hybridized carbons (Fsp3) is 0.609. The molecule has 3 atom stereocenters. The van der Waals surface area contributed by atoms with Gasteiger partial charge in [0.25, 0.3) is 5.91 Å². The van der Waals surface area contributed by atoms with Crippen molar-refractivity contribution in [2.75, 3.05) is 24.5 Å². The topological polar surface area (TPSA) is 69.7 Å². The average Bonchev–Trinajstić information content (AvgIpc) is 3.61. The molecule has 3 fully saturated rings. The summed E-state index contributed by atoms with van der Waals surface area (Å²) in [5, 5.41) is 2.99. The number of likely N-dealkylation sites (tertiary alicyclic amines) is 1. The van der Waals surface area contributed by atoms with E-state index in [-0.39, 0.29) is 30.2 Å². The van der Waals surface area contributed by atoms with E-state index in [4.69, 9.17) is 0 Å². The molecule has 2 unspecified atom stereocenters. The number of Topliss-reactive ketones (excluding diaryl/α,β-unsaturated/α-hetero) is 1. The molecule has 2 heterocycles. The Morgan fingerprint density at radius 2 is 1.93 bits per heavy atom. The van der Waals surface area contributed by atoms with E-state index >= 15 is 0 Å². The summed E-state index contributed by atoms with van der Waals surface area (Å²) in [7, 11) is 0. The summed E-state index contributed by atoms with van der Waals surface area (Å²) in [5.74, 6) is 2.13. The van der Waals surface area contributed by atoms with Crippen molar-refractivity contribution in [3.05, 3.63) is 29.3 Å². The molecular formula is C23H29N3O3. The van der Waals surface area contributed by atoms with Gasteiger partial charge in [-0.25, -0.2) is 4.79 Å². The van der Waals surface area contributed by atoms with Crippen molar-refractivity contribution in [1.82, 2.24) is 10.2 Å². The van der Waals surface area contributed by atoms with Crippen LogP contribution in [0, 0.1) is 17.8 Å². The van der Waals surface area contributed by atoms with E-state index in [1.807, 2.05) is 17.9 Å². The third-order valence-corrected chi connectivity index (χ3v) is 6.94. The Bertz CT molecular complexity index is 853. The second-order valence-electron chi connectivity index (χ2n) is 9.41. The van der Waals surface area contributed by atoms with Crippen LogP contribution in [0.3, 0.4) is 0 Å². The number of piperidine rings is 1. The van der Waals surface area contributed by atoms with Gasteiger partial charge in [-0.3, -0.25) is 14.5 Å². The van der Waals surface area contributed by atoms with Crippen LogP contribution in [0.2, 0.25) is 0 Å². The van der Waals surface area contributed by atoms with Gasteiger partial charge >= 0.3 is 6.03 Å². The molecule has 1 aromatic rings. The number of nitrogens with zero attached hydrogens (tertiary/aromatic N) is 2. The summed E-state index contributed by atoms with van der Waals surface area (Å²) >= 11 is 0. The number of carbonyl (C=O) groups is 3. The molecule has 0 radical (unpaired) electrons. The molecule has 6 heteroatoms. The molecule has 154 valence electrons. The Balaban J connectivity index is 1.37. The summed E-state index contributed by atoms with van der Waals surface area (Å²) < 4.78 is 0. The highest BCUT2D eigenvalue weighted by Gasteiger charge is 2.48. The number of rotatable bonds is 4. The fourth-order valence-corrected chi connectivity index (χ4v) is 4.94. The second-order valence-corrected chi connectivity index (χ2v) is 9.41. The van der Waals surface area contributed by atoms with Crippen LogP contribution in [0.5, 0.6) is 0 Å². The number of nitrogens with one attached hydrogen (secondary N) is 1. The quantitative estimate of drug-likeness (QED) is 0.852. The molecule has 2 aliphatic heterocycles. The lowest BCUT2D eigenvalue weighted by Crippen LogP contribution is -2.47. The maximum atomic E-state index is 13.3. The first kappa shape index (κ1) is 18.6. The molecule has 2 saturated carbocycles. The van der Waals surface area contributed by atoms with Gasteiger partial charge in [0, 0.05) is 49.8 Å². The number of anilines is 1. The lowest BCUT2D eigenvalue weighted by atomic mass is 10.0. The summed E-state index contributed by atoms with van der Waals surface area (Å²) in [6.45, 7) is 4.30. The van der Waals surface area contributed by atoms with Crippen LogP contribution in [0.4, 0.5) is 10.5 Å². The summed E-state index contributed by atoms with van der Waals surface area (Å²) in [5.41, 5.74) is 2.13. The molecule has 0 bridgehead atoms. The van der Waals surface area contributed by atoms with Gasteiger partial charge in [0.1, 0.15) is 5.78 Å². The van der Waals surface area contributed by atoms with Gasteiger partial charge in [-0.1, -0.05) is 12.8 Å². The minimum atomic E-state index is -0.175. The third-order valence-electron chi connectivity index (χ3n) is 6.94. The van der Waals surface area contributed by atoms with Gasteiger partial charge in [0.15, 0.2) is 0 Å². The lowest BCUT2D eigenvalue weighted by molar-refractivity contribution is -0.118. The molecule has 1 aromatic carbocycles. The van der Waals surface area contributed by atoms with Gasteiger partial charge in [-0.15, -0.1) is 0 Å². The molecule has 0 aromatic heterocycles. The van der Waals surface area contributed by atoms with Gasteiger partial charge in [0.05, 0.1) is 0 Å². The van der Waals surface area contributed by atoms with E-state index in [9.17, 15) is 14.4 Å². The standard InChI is InChI=1S/C23H29N3O3/c1-14-8-20(27)11-17-9-16(22(28)24-7-6-15-2-3-15)4-5-21(17)26(14)23(29)25-12-18-10-19(18)13-25/h4-5,9,14-15,18-19H,2-3,6-8,10-13H2,1H3,(H,24,28)/t14-,18?,19?/m1/s1. The van der Waals surface area contributed by atoms with Crippen LogP contribution in [0.25, 0.3) is 0 Å². The zero-order chi connectivity index (χ0) is 20.1. The molecule has 29 heavy (non-hydrogen) atoms. The minimum Gasteiger partial charge on any atom is -0.352 e. The molecule has 3 amide bonds. The van der Waals surface area contributed by atoms with Crippen molar-refractivity contribution in [2.24, 2.45) is 17.8 Å². The van der Waals surface area contributed by atoms with Crippen LogP contribution in [0.1, 0.15) is 54.9 Å². The van der Waals surface area contributed by atoms with Crippen molar-refractivity contribution < 1.29 is 14.4 Å². The highest BCUT2D eigenvalue weighted by atomic mass is 16.2. The first-order valence-corrected chi connectivity index (χ1v) is 11.0. The smallest absolute Gasteiger partial charge is 0.324 e. The van der Waals surface area contributed by atoms with E-state index in [2.05, 4.69) is 5.32 Å². The van der Waals surface area contributed by atoms with E-state index in [1.165, 1.54) is 19.3 Å². The molecular weight excluding hydrogens is 366 g/mol. The van der Waals surface area contributed by atoms with Crippen LogP contribution in [0.15, 0.2) is 18.2 Å². The predicted octanol–water partition coefficient (Wildman–Crippen LogP) is 3.00. The number of amides is 3. The number of benzene rings is 1. The Labute approximate surface area is 171 Å². The zero-order valence-corrected chi connectivity index (χ0v) is 17.0. The monoisotopic (exact) mass is 395 g/mol. The van der Waals surface area contributed by atoms with Crippen LogP contribution < -0.4 is 10.2 Å². The lowest BCUT2D eigenvalue weighted by Gasteiger charge is -2.33. The third kappa shape index (κ3) is 3.77. The van der Waals surface area contributed by atoms with E-state index in [0.717, 1.165) is 36.7 Å². The molecule has 1 N–H and O–H groups in total. The number of carbonyl (C=O) groups excluding carboxylic acids is 3. The van der Waals surface area contributed by atoms with E-state index < -0.39 is 0 Å². The number of hydrogen-bond acceptors (Lipinski definition) is 3. The summed E-state index contributed by atoms with van der Waals surface area (Å²) in [6.07, 6.45) is 5.46. The fourth-order valence-electron chi connectivity index (χ4n) is 4.94. The van der Waals surface area contributed by atoms with Crippen molar-refractivity contribution in [3.8, 4) is 0 Å². The van der Waals surface area contributed by atoms with E-state index in [1.54, 1.807) is 17.0 Å². The number of urea groups is 1. The van der Waals surface area contributed by atoms with Crippen LogP contribution in [-0.4, -0.2) is 48.3 Å². The Morgan fingerprint density at radius 3 is 2.66 bits per heavy atom. The van der Waals surface area contributed by atoms with Gasteiger partial charge in [-0.05, 0) is 61.3 Å². The number of ketones is 1. The van der Waals surface area contributed by atoms with Crippen molar-refractivity contribution >= 4 is 23.4 Å². The van der Waals surface area contributed by atoms with Crippen molar-refractivity contribution in [1.29, 1.82) is 0 Å². The SMILES string of the molecule is C[C@@H]1CC(=O)Cc2cc(C(=O)NCCC3CC3)ccc2N1C(=O)N1CC2CC2C1. The average molecular weight is 396 g/mol. The first-order chi connectivity index (χ1) is 14.0. The predicted molar refractivity (Wildman–Crippen MR) is 110 cm³/mol. The van der Waals surface area contributed by atoms with Gasteiger partial charge in [-0.2, -0.15) is 0 Å². The minimum absolute atomic E-state index is 0.00212. The molecule has 1 saturated heterocycles. The number of fused-ring (bicyclic) bond motifs is 2. The summed E-state index contributed by atoms with van der Waals surface area (Å²) in [6, 6.07) is 5.28. The Morgan fingerprint density at radius 1 is 1.17 bits per heavy atom. The van der Waals surface area contributed by atoms with Gasteiger partial charge < -0.3 is 10.2 Å². The maximum Gasteiger partial charge on any atom is 0.324 e. The van der Waals surface area contributed by atoms with Crippen molar-refractivity contribution in [3.63, 3.8) is 0 Å². The molecule has 6 nitrogen and oxygen atoms in total. The Kier molecular flexibility index (Phi) is 4.60. The highest BCUT2D eigenvalue weighted by molar-refractivity contribution is 6.00. The largest absolute Gasteiger partial charge is 0.352 e. The first-order valence-electron chi connectivity index (χ1n) is 11.0. The van der Waals surface area contributed by atoms with Crippen molar-refractivity contribution in [2.45, 2.75) is 51.5 Å². The van der Waals surface area contributed by atoms with Crippen LogP contribution in [-0.2, 0) is 11.2 Å². The number of hydrogen-bond donors (Lipinski definition) is 1. The molecule has 5 rings (SSSR count). The normalized spacial score (nSPS) is 27.9. The molecule has 2 aliphatic carbocycles. The maximum absolute atomic E-state index is 13.3. The Hall–Kier alpha value is -2.37.